The van der Waals surface area contributed by atoms with Crippen molar-refractivity contribution >= 4 is 16.8 Å². The van der Waals surface area contributed by atoms with Crippen molar-refractivity contribution in [3.05, 3.63) is 36.0 Å². The molecule has 0 bridgehead atoms. The fraction of sp³-hybridized carbons (Fsp3) is 0.438. The molecule has 1 heterocycles. The van der Waals surface area contributed by atoms with E-state index in [-0.39, 0.29) is 11.9 Å². The minimum Gasteiger partial charge on any atom is -0.352 e. The predicted molar refractivity (Wildman–Crippen MR) is 82.3 cm³/mol. The van der Waals surface area contributed by atoms with Gasteiger partial charge in [0.1, 0.15) is 6.54 Å². The molecule has 1 amide bonds. The molecule has 2 rings (SSSR count). The quantitative estimate of drug-likeness (QED) is 0.849. The molecule has 2 aromatic rings. The number of nitrogens with one attached hydrogen (secondary N) is 1. The summed E-state index contributed by atoms with van der Waals surface area (Å²) in [5.74, 6) is 0.0570. The molecule has 1 atom stereocenters. The Morgan fingerprint density at radius 2 is 2.20 bits per heavy atom. The second kappa shape index (κ2) is 6.57. The number of aromatic nitrogens is 1. The average molecular weight is 273 g/mol. The topological polar surface area (TPSA) is 60.0 Å². The van der Waals surface area contributed by atoms with Gasteiger partial charge in [-0.2, -0.15) is 0 Å². The molecule has 108 valence electrons. The number of nitrogens with zero attached hydrogens (tertiary/aromatic N) is 1. The van der Waals surface area contributed by atoms with Crippen LogP contribution in [0, 0.1) is 0 Å². The summed E-state index contributed by atoms with van der Waals surface area (Å²) in [7, 11) is 0. The number of rotatable bonds is 6. The lowest BCUT2D eigenvalue weighted by molar-refractivity contribution is -0.122. The Morgan fingerprint density at radius 1 is 1.40 bits per heavy atom. The van der Waals surface area contributed by atoms with Crippen molar-refractivity contribution in [3.63, 3.8) is 0 Å². The largest absolute Gasteiger partial charge is 0.352 e. The zero-order chi connectivity index (χ0) is 14.5. The van der Waals surface area contributed by atoms with Gasteiger partial charge in [-0.25, -0.2) is 0 Å². The first-order valence-electron chi connectivity index (χ1n) is 7.21. The third kappa shape index (κ3) is 3.39. The first kappa shape index (κ1) is 14.6. The van der Waals surface area contributed by atoms with E-state index >= 15 is 0 Å². The van der Waals surface area contributed by atoms with E-state index in [0.717, 1.165) is 29.3 Å². The zero-order valence-corrected chi connectivity index (χ0v) is 12.2. The molecule has 0 aliphatic heterocycles. The van der Waals surface area contributed by atoms with Gasteiger partial charge in [-0.15, -0.1) is 0 Å². The Hall–Kier alpha value is -1.81. The van der Waals surface area contributed by atoms with Crippen LogP contribution >= 0.6 is 0 Å². The van der Waals surface area contributed by atoms with Crippen LogP contribution in [-0.4, -0.2) is 16.5 Å². The number of carbonyl (C=O) groups is 1. The number of nitrogens with two attached hydrogens (primary N) is 1. The molecule has 0 spiro atoms. The summed E-state index contributed by atoms with van der Waals surface area (Å²) < 4.78 is 1.97. The number of carbonyl (C=O) groups excluding carboxylic acids is 1. The number of hydrogen-bond donors (Lipinski definition) is 2. The van der Waals surface area contributed by atoms with Crippen LogP contribution in [-0.2, 0) is 17.9 Å². The Bertz CT molecular complexity index is 588. The van der Waals surface area contributed by atoms with Gasteiger partial charge in [-0.1, -0.05) is 25.5 Å². The number of fused-ring (bicyclic) bond motifs is 1. The minimum absolute atomic E-state index is 0.0570. The Labute approximate surface area is 120 Å². The highest BCUT2D eigenvalue weighted by Crippen LogP contribution is 2.17. The second-order valence-corrected chi connectivity index (χ2v) is 5.30. The van der Waals surface area contributed by atoms with Crippen LogP contribution in [0.1, 0.15) is 32.3 Å². The molecule has 0 aliphatic carbocycles. The van der Waals surface area contributed by atoms with E-state index in [2.05, 4.69) is 18.3 Å². The van der Waals surface area contributed by atoms with Gasteiger partial charge in [0.15, 0.2) is 0 Å². The first-order valence-corrected chi connectivity index (χ1v) is 7.21. The summed E-state index contributed by atoms with van der Waals surface area (Å²) in [6.45, 7) is 5.03. The van der Waals surface area contributed by atoms with Crippen LogP contribution in [0.4, 0.5) is 0 Å². The highest BCUT2D eigenvalue weighted by atomic mass is 16.2. The molecular weight excluding hydrogens is 250 g/mol. The number of benzene rings is 1. The van der Waals surface area contributed by atoms with Gasteiger partial charge in [0, 0.05) is 24.3 Å². The third-order valence-electron chi connectivity index (χ3n) is 3.52. The zero-order valence-electron chi connectivity index (χ0n) is 12.2. The first-order chi connectivity index (χ1) is 9.63. The van der Waals surface area contributed by atoms with Crippen molar-refractivity contribution in [2.45, 2.75) is 45.8 Å². The van der Waals surface area contributed by atoms with Crippen molar-refractivity contribution in [1.82, 2.24) is 9.88 Å². The summed E-state index contributed by atoms with van der Waals surface area (Å²) in [4.78, 5) is 12.0. The van der Waals surface area contributed by atoms with Crippen molar-refractivity contribution in [2.24, 2.45) is 5.73 Å². The summed E-state index contributed by atoms with van der Waals surface area (Å²) in [6, 6.07) is 8.38. The third-order valence-corrected chi connectivity index (χ3v) is 3.52. The highest BCUT2D eigenvalue weighted by Gasteiger charge is 2.09. The second-order valence-electron chi connectivity index (χ2n) is 5.30. The SMILES string of the molecule is CCCC(C)NC(=O)Cn1ccc2ccc(CN)cc21. The molecule has 1 aromatic heterocycles. The van der Waals surface area contributed by atoms with Crippen LogP contribution in [0.2, 0.25) is 0 Å². The van der Waals surface area contributed by atoms with E-state index < -0.39 is 0 Å². The molecule has 1 aromatic carbocycles. The van der Waals surface area contributed by atoms with Gasteiger partial charge in [-0.05, 0) is 36.4 Å². The van der Waals surface area contributed by atoms with Crippen LogP contribution in [0.15, 0.2) is 30.5 Å². The molecule has 3 N–H and O–H groups in total. The van der Waals surface area contributed by atoms with E-state index in [9.17, 15) is 4.79 Å². The fourth-order valence-corrected chi connectivity index (χ4v) is 2.47. The molecule has 4 heteroatoms. The van der Waals surface area contributed by atoms with Gasteiger partial charge in [-0.3, -0.25) is 4.79 Å². The monoisotopic (exact) mass is 273 g/mol. The molecule has 0 radical (unpaired) electrons. The molecule has 0 saturated heterocycles. The van der Waals surface area contributed by atoms with Crippen LogP contribution in [0.3, 0.4) is 0 Å². The normalized spacial score (nSPS) is 12.6. The summed E-state index contributed by atoms with van der Waals surface area (Å²) in [5, 5.41) is 4.16. The van der Waals surface area contributed by atoms with Gasteiger partial charge < -0.3 is 15.6 Å². The van der Waals surface area contributed by atoms with Gasteiger partial charge in [0.2, 0.25) is 5.91 Å². The van der Waals surface area contributed by atoms with Crippen molar-refractivity contribution < 1.29 is 4.79 Å². The lowest BCUT2D eigenvalue weighted by Gasteiger charge is -2.13. The molecule has 0 fully saturated rings. The molecule has 1 unspecified atom stereocenters. The maximum absolute atomic E-state index is 12.0. The molecular formula is C16H23N3O. The minimum atomic E-state index is 0.0570. The lowest BCUT2D eigenvalue weighted by atomic mass is 10.1. The smallest absolute Gasteiger partial charge is 0.240 e. The van der Waals surface area contributed by atoms with E-state index in [4.69, 9.17) is 5.73 Å². The van der Waals surface area contributed by atoms with Gasteiger partial charge in [0.25, 0.3) is 0 Å². The van der Waals surface area contributed by atoms with Gasteiger partial charge in [0.05, 0.1) is 0 Å². The van der Waals surface area contributed by atoms with E-state index in [1.165, 1.54) is 0 Å². The fourth-order valence-electron chi connectivity index (χ4n) is 2.47. The van der Waals surface area contributed by atoms with Crippen LogP contribution < -0.4 is 11.1 Å². The van der Waals surface area contributed by atoms with Crippen LogP contribution in [0.5, 0.6) is 0 Å². The summed E-state index contributed by atoms with van der Waals surface area (Å²) >= 11 is 0. The Morgan fingerprint density at radius 3 is 2.90 bits per heavy atom. The molecule has 0 saturated carbocycles. The summed E-state index contributed by atoms with van der Waals surface area (Å²) in [6.07, 6.45) is 4.04. The maximum atomic E-state index is 12.0. The molecule has 20 heavy (non-hydrogen) atoms. The van der Waals surface area contributed by atoms with Crippen LogP contribution in [0.25, 0.3) is 10.9 Å². The number of amides is 1. The van der Waals surface area contributed by atoms with Crippen molar-refractivity contribution in [2.75, 3.05) is 0 Å². The predicted octanol–water partition coefficient (Wildman–Crippen LogP) is 2.40. The summed E-state index contributed by atoms with van der Waals surface area (Å²) in [5.41, 5.74) is 7.81. The molecule has 4 nitrogen and oxygen atoms in total. The number of hydrogen-bond acceptors (Lipinski definition) is 2. The van der Waals surface area contributed by atoms with E-state index in [1.54, 1.807) is 0 Å². The standard InChI is InChI=1S/C16H23N3O/c1-3-4-12(2)18-16(20)11-19-8-7-14-6-5-13(10-17)9-15(14)19/h5-9,12H,3-4,10-11,17H2,1-2H3,(H,18,20). The lowest BCUT2D eigenvalue weighted by Crippen LogP contribution is -2.34. The van der Waals surface area contributed by atoms with Crippen molar-refractivity contribution in [3.8, 4) is 0 Å². The van der Waals surface area contributed by atoms with E-state index in [0.29, 0.717) is 13.1 Å². The highest BCUT2D eigenvalue weighted by molar-refractivity contribution is 5.83. The Balaban J connectivity index is 2.11. The van der Waals surface area contributed by atoms with Gasteiger partial charge >= 0.3 is 0 Å². The van der Waals surface area contributed by atoms with Crippen molar-refractivity contribution in [1.29, 1.82) is 0 Å². The maximum Gasteiger partial charge on any atom is 0.240 e. The molecule has 0 aliphatic rings. The average Bonchev–Trinajstić information content (AvgIpc) is 2.81. The Kier molecular flexibility index (Phi) is 4.79. The van der Waals surface area contributed by atoms with E-state index in [1.807, 2.05) is 35.9 Å².